The van der Waals surface area contributed by atoms with Gasteiger partial charge in [-0.05, 0) is 42.3 Å². The van der Waals surface area contributed by atoms with Crippen LogP contribution in [0.2, 0.25) is 0 Å². The van der Waals surface area contributed by atoms with Gasteiger partial charge >= 0.3 is 35.8 Å². The summed E-state index contributed by atoms with van der Waals surface area (Å²) in [6.07, 6.45) is -2.05. The quantitative estimate of drug-likeness (QED) is 0.0522. The minimum absolute atomic E-state index is 0.0350. The van der Waals surface area contributed by atoms with Crippen LogP contribution in [0, 0.1) is 11.8 Å². The number of aromatic nitrogens is 2. The molecular weight excluding hydrogens is 853 g/mol. The average Bonchev–Trinajstić information content (AvgIpc) is 3.66. The van der Waals surface area contributed by atoms with E-state index in [1.165, 1.54) is 58.8 Å². The number of nitrogens with zero attached hydrogens (tertiary/aromatic N) is 1. The van der Waals surface area contributed by atoms with Crippen molar-refractivity contribution in [3.05, 3.63) is 90.5 Å². The summed E-state index contributed by atoms with van der Waals surface area (Å²) >= 11 is 0. The van der Waals surface area contributed by atoms with E-state index in [1.54, 1.807) is 6.20 Å². The highest BCUT2D eigenvalue weighted by molar-refractivity contribution is 6.07. The molecule has 1 fully saturated rings. The highest BCUT2D eigenvalue weighted by Gasteiger charge is 2.54. The molecule has 0 spiro atoms. The number of para-hydroxylation sites is 1. The number of methoxy groups -OCH3 is 3. The number of carbonyl (C=O) groups excluding carboxylic acids is 6. The minimum Gasteiger partial charge on any atom is -0.493 e. The molecule has 0 aliphatic carbocycles. The van der Waals surface area contributed by atoms with Crippen LogP contribution in [0.15, 0.2) is 79.2 Å². The molecule has 4 aromatic rings. The zero-order valence-electron chi connectivity index (χ0n) is 36.6. The number of ether oxygens (including phenoxy) is 11. The van der Waals surface area contributed by atoms with Crippen molar-refractivity contribution in [2.75, 3.05) is 27.9 Å². The van der Waals surface area contributed by atoms with E-state index in [-0.39, 0.29) is 29.2 Å². The molecule has 1 N–H and O–H groups in total. The smallest absolute Gasteiger partial charge is 0.337 e. The van der Waals surface area contributed by atoms with Crippen LogP contribution in [0.25, 0.3) is 27.9 Å². The van der Waals surface area contributed by atoms with E-state index in [0.717, 1.165) is 48.7 Å². The first kappa shape index (κ1) is 47.2. The normalized spacial score (nSPS) is 22.8. The van der Waals surface area contributed by atoms with Crippen molar-refractivity contribution >= 4 is 63.7 Å². The lowest BCUT2D eigenvalue weighted by Gasteiger charge is -2.45. The number of hydrogen-bond acceptors (Lipinski definition) is 18. The summed E-state index contributed by atoms with van der Waals surface area (Å²) in [7, 11) is 3.95. The fraction of sp³-hybridized carbons (Fsp3) is 0.370. The Morgan fingerprint density at radius 2 is 1.48 bits per heavy atom. The number of H-pyrrole nitrogens is 1. The minimum atomic E-state index is -1.65. The number of aromatic amines is 1. The van der Waals surface area contributed by atoms with E-state index in [1.807, 2.05) is 30.3 Å². The fourth-order valence-corrected chi connectivity index (χ4v) is 7.72. The van der Waals surface area contributed by atoms with Gasteiger partial charge in [0, 0.05) is 68.1 Å². The van der Waals surface area contributed by atoms with Crippen LogP contribution < -0.4 is 14.2 Å². The third kappa shape index (κ3) is 10.9. The molecule has 2 aliphatic rings. The van der Waals surface area contributed by atoms with Crippen LogP contribution in [0.3, 0.4) is 0 Å². The van der Waals surface area contributed by atoms with Crippen LogP contribution in [0.5, 0.6) is 17.2 Å². The van der Waals surface area contributed by atoms with Crippen molar-refractivity contribution in [1.82, 2.24) is 9.97 Å². The van der Waals surface area contributed by atoms with E-state index >= 15 is 0 Å². The van der Waals surface area contributed by atoms with E-state index in [2.05, 4.69) is 16.5 Å². The number of benzene rings is 2. The van der Waals surface area contributed by atoms with Crippen molar-refractivity contribution < 1.29 is 80.9 Å². The van der Waals surface area contributed by atoms with Gasteiger partial charge in [-0.25, -0.2) is 9.59 Å². The topological polar surface area (TPSA) is 233 Å². The standard InChI is InChI=1S/C46H48N2O17/c1-9-28-31(20-34-39-30(16-17-47-34)29-12-10-11-13-33(29)48-39)32(44(54)57-8)21-59-45(28)65-46-43(63-26(5)52)42(62-25(4)51)41(61-24(3)50)37(64-46)22-58-38(53)15-14-27-18-35(55-6)40(60-23(2)49)36(19-27)56-7/h9-19,21,28,31,37,41-43,45-46,48H,1,20,22H2,2-8H3/b15-14+/t28-,31+,37-,41-,42+,43-,45+,46+/m1/s1. The number of rotatable bonds is 16. The van der Waals surface area contributed by atoms with E-state index in [4.69, 9.17) is 52.1 Å². The van der Waals surface area contributed by atoms with Crippen molar-refractivity contribution in [3.8, 4) is 17.2 Å². The largest absolute Gasteiger partial charge is 0.493 e. The molecule has 19 nitrogen and oxygen atoms in total. The predicted molar refractivity (Wildman–Crippen MR) is 227 cm³/mol. The number of nitrogens with one attached hydrogen (secondary N) is 1. The second kappa shape index (κ2) is 21.0. The Labute approximate surface area is 372 Å². The summed E-state index contributed by atoms with van der Waals surface area (Å²) in [5, 5.41) is 1.90. The Kier molecular flexibility index (Phi) is 15.2. The lowest BCUT2D eigenvalue weighted by molar-refractivity contribution is -0.342. The van der Waals surface area contributed by atoms with Gasteiger partial charge in [-0.15, -0.1) is 6.58 Å². The molecule has 0 bridgehead atoms. The molecule has 0 radical (unpaired) electrons. The zero-order chi connectivity index (χ0) is 46.9. The molecule has 344 valence electrons. The molecule has 65 heavy (non-hydrogen) atoms. The first-order chi connectivity index (χ1) is 31.1. The molecule has 0 amide bonds. The molecule has 2 aliphatic heterocycles. The van der Waals surface area contributed by atoms with Crippen molar-refractivity contribution in [2.24, 2.45) is 11.8 Å². The monoisotopic (exact) mass is 900 g/mol. The van der Waals surface area contributed by atoms with Gasteiger partial charge in [0.2, 0.25) is 18.3 Å². The second-order valence-electron chi connectivity index (χ2n) is 14.8. The lowest BCUT2D eigenvalue weighted by Crippen LogP contribution is -2.63. The number of hydrogen-bond donors (Lipinski definition) is 1. The van der Waals surface area contributed by atoms with Crippen LogP contribution in [0.1, 0.15) is 39.0 Å². The Balaban J connectivity index is 1.30. The summed E-state index contributed by atoms with van der Waals surface area (Å²) < 4.78 is 62.2. The maximum absolute atomic E-state index is 13.3. The summed E-state index contributed by atoms with van der Waals surface area (Å²) in [6.45, 7) is 7.90. The number of esters is 6. The third-order valence-electron chi connectivity index (χ3n) is 10.4. The van der Waals surface area contributed by atoms with E-state index in [0.29, 0.717) is 11.3 Å². The van der Waals surface area contributed by atoms with Crippen LogP contribution in [-0.4, -0.2) is 111 Å². The predicted octanol–water partition coefficient (Wildman–Crippen LogP) is 4.83. The first-order valence-corrected chi connectivity index (χ1v) is 20.2. The maximum Gasteiger partial charge on any atom is 0.337 e. The number of carbonyl (C=O) groups is 6. The summed E-state index contributed by atoms with van der Waals surface area (Å²) in [6, 6.07) is 12.6. The molecule has 0 saturated carbocycles. The highest BCUT2D eigenvalue weighted by Crippen LogP contribution is 2.41. The van der Waals surface area contributed by atoms with Gasteiger partial charge in [-0.3, -0.25) is 24.2 Å². The third-order valence-corrected chi connectivity index (χ3v) is 10.4. The maximum atomic E-state index is 13.3. The van der Waals surface area contributed by atoms with Crippen LogP contribution in [0.4, 0.5) is 0 Å². The molecule has 1 saturated heterocycles. The van der Waals surface area contributed by atoms with Gasteiger partial charge in [0.05, 0.1) is 44.4 Å². The Morgan fingerprint density at radius 3 is 2.11 bits per heavy atom. The Morgan fingerprint density at radius 1 is 0.815 bits per heavy atom. The SMILES string of the molecule is C=C[C@H]1[C@H](O[C@@H]2O[C@H](COC(=O)/C=C/c3cc(OC)c(OC(C)=O)c(OC)c3)[C@@H](OC(C)=O)[C@H](OC(C)=O)[C@H]2OC(C)=O)OC=C(C(=O)OC)[C@H]1Cc1nccc2c1[nH]c1ccccc12. The Hall–Kier alpha value is -7.25. The van der Waals surface area contributed by atoms with E-state index in [9.17, 15) is 28.8 Å². The van der Waals surface area contributed by atoms with Crippen molar-refractivity contribution in [3.63, 3.8) is 0 Å². The fourth-order valence-electron chi connectivity index (χ4n) is 7.72. The first-order valence-electron chi connectivity index (χ1n) is 20.2. The van der Waals surface area contributed by atoms with Crippen LogP contribution >= 0.6 is 0 Å². The lowest BCUT2D eigenvalue weighted by atomic mass is 9.80. The molecular formula is C46H48N2O17. The molecule has 0 unspecified atom stereocenters. The van der Waals surface area contributed by atoms with Gasteiger partial charge in [-0.1, -0.05) is 24.3 Å². The summed E-state index contributed by atoms with van der Waals surface area (Å²) in [5.74, 6) is -5.95. The Bertz CT molecular complexity index is 2500. The van der Waals surface area contributed by atoms with Gasteiger partial charge < -0.3 is 57.1 Å². The molecule has 6 rings (SSSR count). The molecule has 8 atom stereocenters. The molecule has 2 aromatic carbocycles. The second-order valence-corrected chi connectivity index (χ2v) is 14.8. The average molecular weight is 901 g/mol. The van der Waals surface area contributed by atoms with Crippen LogP contribution in [-0.2, 0) is 73.1 Å². The van der Waals surface area contributed by atoms with Crippen molar-refractivity contribution in [2.45, 2.75) is 71.1 Å². The molecule has 19 heteroatoms. The summed E-state index contributed by atoms with van der Waals surface area (Å²) in [5.41, 5.74) is 2.80. The zero-order valence-corrected chi connectivity index (χ0v) is 36.6. The molecule has 4 heterocycles. The van der Waals surface area contributed by atoms with Crippen molar-refractivity contribution in [1.29, 1.82) is 0 Å². The molecule has 2 aromatic heterocycles. The van der Waals surface area contributed by atoms with Gasteiger partial charge in [0.1, 0.15) is 12.7 Å². The number of pyridine rings is 1. The van der Waals surface area contributed by atoms with Gasteiger partial charge in [-0.2, -0.15) is 0 Å². The summed E-state index contributed by atoms with van der Waals surface area (Å²) in [4.78, 5) is 84.0. The van der Waals surface area contributed by atoms with Gasteiger partial charge in [0.15, 0.2) is 29.8 Å². The van der Waals surface area contributed by atoms with E-state index < -0.39 is 91.3 Å². The van der Waals surface area contributed by atoms with Gasteiger partial charge in [0.25, 0.3) is 0 Å². The number of fused-ring (bicyclic) bond motifs is 3. The highest BCUT2D eigenvalue weighted by atomic mass is 16.8.